The number of hydrogen-bond acceptors (Lipinski definition) is 5. The fourth-order valence-corrected chi connectivity index (χ4v) is 1.49. The number of hydrogen-bond donors (Lipinski definition) is 3. The van der Waals surface area contributed by atoms with Crippen LogP contribution in [0.5, 0.6) is 0 Å². The van der Waals surface area contributed by atoms with E-state index in [1.54, 1.807) is 13.0 Å². The van der Waals surface area contributed by atoms with E-state index in [4.69, 9.17) is 5.73 Å². The van der Waals surface area contributed by atoms with Crippen molar-refractivity contribution in [1.82, 2.24) is 15.3 Å². The predicted molar refractivity (Wildman–Crippen MR) is 76.8 cm³/mol. The molecule has 1 heterocycles. The van der Waals surface area contributed by atoms with Gasteiger partial charge in [0, 0.05) is 19.0 Å². The number of nitrogens with two attached hydrogens (primary N) is 1. The van der Waals surface area contributed by atoms with Crippen LogP contribution in [0.25, 0.3) is 0 Å². The van der Waals surface area contributed by atoms with Crippen molar-refractivity contribution in [2.24, 2.45) is 5.92 Å². The highest BCUT2D eigenvalue weighted by molar-refractivity contribution is 5.83. The van der Waals surface area contributed by atoms with E-state index in [9.17, 15) is 4.79 Å². The number of rotatable bonds is 6. The van der Waals surface area contributed by atoms with Crippen molar-refractivity contribution in [2.45, 2.75) is 40.2 Å². The first-order valence-corrected chi connectivity index (χ1v) is 6.60. The van der Waals surface area contributed by atoms with Gasteiger partial charge in [0.15, 0.2) is 0 Å². The van der Waals surface area contributed by atoms with Crippen LogP contribution < -0.4 is 16.4 Å². The number of aryl methyl sites for hydroxylation is 1. The number of nitrogen functional groups attached to an aromatic ring is 1. The molecule has 19 heavy (non-hydrogen) atoms. The number of carbonyl (C=O) groups excluding carboxylic acids is 1. The topological polar surface area (TPSA) is 92.9 Å². The van der Waals surface area contributed by atoms with Gasteiger partial charge in [-0.3, -0.25) is 4.79 Å². The lowest BCUT2D eigenvalue weighted by Gasteiger charge is -2.16. The van der Waals surface area contributed by atoms with Crippen molar-refractivity contribution < 1.29 is 4.79 Å². The Morgan fingerprint density at radius 2 is 2.05 bits per heavy atom. The zero-order chi connectivity index (χ0) is 14.4. The van der Waals surface area contributed by atoms with Gasteiger partial charge in [0.1, 0.15) is 23.5 Å². The molecule has 0 radical (unpaired) electrons. The third kappa shape index (κ3) is 5.11. The monoisotopic (exact) mass is 265 g/mol. The van der Waals surface area contributed by atoms with Crippen molar-refractivity contribution in [3.63, 3.8) is 0 Å². The third-order valence-corrected chi connectivity index (χ3v) is 2.55. The minimum Gasteiger partial charge on any atom is -0.384 e. The summed E-state index contributed by atoms with van der Waals surface area (Å²) in [6.07, 6.45) is 0.702. The van der Waals surface area contributed by atoms with E-state index in [2.05, 4.69) is 34.4 Å². The number of carbonyl (C=O) groups is 1. The second-order valence-corrected chi connectivity index (χ2v) is 4.95. The van der Waals surface area contributed by atoms with Crippen molar-refractivity contribution in [1.29, 1.82) is 0 Å². The number of anilines is 2. The molecule has 4 N–H and O–H groups in total. The Labute approximate surface area is 114 Å². The SMILES string of the molecule is CCc1nc(N)cc(NC(C)C(=O)NCC(C)C)n1. The molecule has 1 rings (SSSR count). The maximum Gasteiger partial charge on any atom is 0.242 e. The first-order valence-electron chi connectivity index (χ1n) is 6.60. The van der Waals surface area contributed by atoms with Crippen LogP contribution in [0.3, 0.4) is 0 Å². The molecule has 0 aliphatic rings. The normalized spacial score (nSPS) is 12.3. The minimum atomic E-state index is -0.363. The summed E-state index contributed by atoms with van der Waals surface area (Å²) in [5.41, 5.74) is 5.69. The fraction of sp³-hybridized carbons (Fsp3) is 0.615. The van der Waals surface area contributed by atoms with Gasteiger partial charge in [0.25, 0.3) is 0 Å². The largest absolute Gasteiger partial charge is 0.384 e. The zero-order valence-electron chi connectivity index (χ0n) is 12.0. The summed E-state index contributed by atoms with van der Waals surface area (Å²) in [7, 11) is 0. The molecule has 0 fully saturated rings. The summed E-state index contributed by atoms with van der Waals surface area (Å²) >= 11 is 0. The highest BCUT2D eigenvalue weighted by Crippen LogP contribution is 2.10. The van der Waals surface area contributed by atoms with Gasteiger partial charge in [-0.25, -0.2) is 9.97 Å². The van der Waals surface area contributed by atoms with Crippen molar-refractivity contribution in [2.75, 3.05) is 17.6 Å². The molecule has 0 bridgehead atoms. The first kappa shape index (κ1) is 15.2. The molecule has 6 nitrogen and oxygen atoms in total. The van der Waals surface area contributed by atoms with E-state index >= 15 is 0 Å². The second kappa shape index (κ2) is 6.92. The standard InChI is InChI=1S/C13H23N5O/c1-5-11-17-10(14)6-12(18-11)16-9(4)13(19)15-7-8(2)3/h6,8-9H,5,7H2,1-4H3,(H,15,19)(H3,14,16,17,18). The van der Waals surface area contributed by atoms with E-state index < -0.39 is 0 Å². The predicted octanol–water partition coefficient (Wildman–Crippen LogP) is 1.19. The number of nitrogens with zero attached hydrogens (tertiary/aromatic N) is 2. The second-order valence-electron chi connectivity index (χ2n) is 4.95. The maximum absolute atomic E-state index is 11.8. The van der Waals surface area contributed by atoms with Gasteiger partial charge in [-0.05, 0) is 12.8 Å². The van der Waals surface area contributed by atoms with Gasteiger partial charge < -0.3 is 16.4 Å². The molecule has 1 aromatic heterocycles. The Morgan fingerprint density at radius 3 is 2.63 bits per heavy atom. The maximum atomic E-state index is 11.8. The summed E-state index contributed by atoms with van der Waals surface area (Å²) in [6, 6.07) is 1.27. The van der Waals surface area contributed by atoms with Crippen LogP contribution >= 0.6 is 0 Å². The minimum absolute atomic E-state index is 0.0519. The Kier molecular flexibility index (Phi) is 5.54. The van der Waals surface area contributed by atoms with Crippen LogP contribution in [0.4, 0.5) is 11.6 Å². The smallest absolute Gasteiger partial charge is 0.242 e. The molecular weight excluding hydrogens is 242 g/mol. The van der Waals surface area contributed by atoms with Gasteiger partial charge in [-0.15, -0.1) is 0 Å². The van der Waals surface area contributed by atoms with Gasteiger partial charge in [-0.1, -0.05) is 20.8 Å². The molecule has 6 heteroatoms. The summed E-state index contributed by atoms with van der Waals surface area (Å²) < 4.78 is 0. The molecule has 1 atom stereocenters. The summed E-state index contributed by atoms with van der Waals surface area (Å²) in [4.78, 5) is 20.2. The van der Waals surface area contributed by atoms with Crippen LogP contribution in [0.1, 0.15) is 33.5 Å². The third-order valence-electron chi connectivity index (χ3n) is 2.55. The number of amides is 1. The average molecular weight is 265 g/mol. The first-order chi connectivity index (χ1) is 8.92. The molecule has 0 aromatic carbocycles. The Balaban J connectivity index is 2.63. The van der Waals surface area contributed by atoms with E-state index in [-0.39, 0.29) is 11.9 Å². The molecular formula is C13H23N5O. The van der Waals surface area contributed by atoms with Crippen molar-refractivity contribution >= 4 is 17.5 Å². The summed E-state index contributed by atoms with van der Waals surface area (Å²) in [5, 5.41) is 5.91. The van der Waals surface area contributed by atoms with E-state index in [1.807, 2.05) is 6.92 Å². The molecule has 1 aromatic rings. The Hall–Kier alpha value is -1.85. The van der Waals surface area contributed by atoms with Crippen molar-refractivity contribution in [3.8, 4) is 0 Å². The average Bonchev–Trinajstić information content (AvgIpc) is 2.34. The Bertz CT molecular complexity index is 433. The molecule has 1 amide bonds. The molecule has 0 aliphatic carbocycles. The van der Waals surface area contributed by atoms with Gasteiger partial charge in [0.05, 0.1) is 0 Å². The van der Waals surface area contributed by atoms with Crippen LogP contribution in [0.2, 0.25) is 0 Å². The van der Waals surface area contributed by atoms with E-state index in [1.165, 1.54) is 0 Å². The van der Waals surface area contributed by atoms with Crippen molar-refractivity contribution in [3.05, 3.63) is 11.9 Å². The molecule has 0 saturated carbocycles. The quantitative estimate of drug-likeness (QED) is 0.718. The lowest BCUT2D eigenvalue weighted by Crippen LogP contribution is -2.39. The lowest BCUT2D eigenvalue weighted by molar-refractivity contribution is -0.121. The Morgan fingerprint density at radius 1 is 1.37 bits per heavy atom. The summed E-state index contributed by atoms with van der Waals surface area (Å²) in [6.45, 7) is 8.52. The van der Waals surface area contributed by atoms with Crippen LogP contribution in [0.15, 0.2) is 6.07 Å². The molecule has 0 saturated heterocycles. The number of nitrogens with one attached hydrogen (secondary N) is 2. The van der Waals surface area contributed by atoms with Gasteiger partial charge >= 0.3 is 0 Å². The zero-order valence-corrected chi connectivity index (χ0v) is 12.0. The number of aromatic nitrogens is 2. The van der Waals surface area contributed by atoms with E-state index in [0.29, 0.717) is 36.3 Å². The fourth-order valence-electron chi connectivity index (χ4n) is 1.49. The van der Waals surface area contributed by atoms with Gasteiger partial charge in [-0.2, -0.15) is 0 Å². The highest BCUT2D eigenvalue weighted by atomic mass is 16.2. The molecule has 106 valence electrons. The molecule has 0 spiro atoms. The lowest BCUT2D eigenvalue weighted by atomic mass is 10.2. The highest BCUT2D eigenvalue weighted by Gasteiger charge is 2.13. The van der Waals surface area contributed by atoms with Gasteiger partial charge in [0.2, 0.25) is 5.91 Å². The summed E-state index contributed by atoms with van der Waals surface area (Å²) in [5.74, 6) is 2.03. The van der Waals surface area contributed by atoms with Crippen LogP contribution in [-0.4, -0.2) is 28.5 Å². The molecule has 0 aliphatic heterocycles. The van der Waals surface area contributed by atoms with Crippen LogP contribution in [0, 0.1) is 5.92 Å². The van der Waals surface area contributed by atoms with Crippen LogP contribution in [-0.2, 0) is 11.2 Å². The molecule has 1 unspecified atom stereocenters. The van der Waals surface area contributed by atoms with E-state index in [0.717, 1.165) is 0 Å².